The van der Waals surface area contributed by atoms with Crippen molar-refractivity contribution in [3.8, 4) is 11.5 Å². The van der Waals surface area contributed by atoms with Gasteiger partial charge in [-0.15, -0.1) is 0 Å². The molecule has 120 valence electrons. The molecule has 0 amide bonds. The average Bonchev–Trinajstić information content (AvgIpc) is 2.94. The third-order valence-corrected chi connectivity index (χ3v) is 3.77. The van der Waals surface area contributed by atoms with Gasteiger partial charge < -0.3 is 14.8 Å². The van der Waals surface area contributed by atoms with Gasteiger partial charge in [0, 0.05) is 17.6 Å². The minimum absolute atomic E-state index is 0.577. The van der Waals surface area contributed by atoms with Crippen LogP contribution in [0.25, 0.3) is 0 Å². The summed E-state index contributed by atoms with van der Waals surface area (Å²) < 4.78 is 13.6. The highest BCUT2D eigenvalue weighted by molar-refractivity contribution is 9.10. The van der Waals surface area contributed by atoms with Crippen molar-refractivity contribution in [2.75, 3.05) is 19.0 Å². The molecule has 1 aromatic carbocycles. The van der Waals surface area contributed by atoms with E-state index in [0.717, 1.165) is 28.8 Å². The molecular formula is C14H20BrN5O2. The van der Waals surface area contributed by atoms with Crippen molar-refractivity contribution in [3.63, 3.8) is 0 Å². The smallest absolute Gasteiger partial charge is 0.243 e. The Balaban J connectivity index is 2.13. The van der Waals surface area contributed by atoms with Gasteiger partial charge in [-0.3, -0.25) is 0 Å². The summed E-state index contributed by atoms with van der Waals surface area (Å²) in [5, 5.41) is 14.9. The van der Waals surface area contributed by atoms with Gasteiger partial charge in [-0.2, -0.15) is 0 Å². The standard InChI is InChI=1S/C14H20BrN5O2/c1-4-6-20-14(17-18-19-20)16-9-10-7-12(21-3)13(22-5-2)8-11(10)15/h7-8H,4-6,9H2,1-3H3,(H,16,17,19). The van der Waals surface area contributed by atoms with Gasteiger partial charge in [0.25, 0.3) is 0 Å². The number of hydrogen-bond donors (Lipinski definition) is 1. The van der Waals surface area contributed by atoms with Gasteiger partial charge in [-0.1, -0.05) is 28.0 Å². The van der Waals surface area contributed by atoms with Crippen molar-refractivity contribution in [1.82, 2.24) is 20.2 Å². The lowest BCUT2D eigenvalue weighted by atomic mass is 10.2. The summed E-state index contributed by atoms with van der Waals surface area (Å²) in [7, 11) is 1.63. The van der Waals surface area contributed by atoms with E-state index in [1.54, 1.807) is 11.8 Å². The first-order valence-corrected chi connectivity index (χ1v) is 7.98. The molecule has 0 radical (unpaired) electrons. The van der Waals surface area contributed by atoms with Crippen LogP contribution >= 0.6 is 15.9 Å². The number of tetrazole rings is 1. The maximum atomic E-state index is 5.55. The molecule has 0 atom stereocenters. The van der Waals surface area contributed by atoms with Gasteiger partial charge in [0.05, 0.1) is 13.7 Å². The van der Waals surface area contributed by atoms with E-state index in [1.807, 2.05) is 19.1 Å². The second-order valence-corrected chi connectivity index (χ2v) is 5.46. The average molecular weight is 370 g/mol. The number of aromatic nitrogens is 4. The Morgan fingerprint density at radius 3 is 2.77 bits per heavy atom. The van der Waals surface area contributed by atoms with E-state index in [4.69, 9.17) is 9.47 Å². The predicted octanol–water partition coefficient (Wildman–Crippen LogP) is 2.87. The lowest BCUT2D eigenvalue weighted by Crippen LogP contribution is -2.09. The fourth-order valence-corrected chi connectivity index (χ4v) is 2.47. The zero-order chi connectivity index (χ0) is 15.9. The molecule has 2 rings (SSSR count). The van der Waals surface area contributed by atoms with Crippen molar-refractivity contribution >= 4 is 21.9 Å². The van der Waals surface area contributed by atoms with Crippen LogP contribution < -0.4 is 14.8 Å². The van der Waals surface area contributed by atoms with Crippen LogP contribution in [0.5, 0.6) is 11.5 Å². The Hall–Kier alpha value is -1.83. The van der Waals surface area contributed by atoms with Crippen LogP contribution in [0.2, 0.25) is 0 Å². The maximum absolute atomic E-state index is 5.55. The SMILES string of the molecule is CCCn1nnnc1NCc1cc(OC)c(OCC)cc1Br. The molecule has 7 nitrogen and oxygen atoms in total. The van der Waals surface area contributed by atoms with Gasteiger partial charge in [0.1, 0.15) is 0 Å². The zero-order valence-electron chi connectivity index (χ0n) is 13.0. The molecule has 0 spiro atoms. The van der Waals surface area contributed by atoms with E-state index in [9.17, 15) is 0 Å². The molecular weight excluding hydrogens is 350 g/mol. The normalized spacial score (nSPS) is 10.5. The van der Waals surface area contributed by atoms with E-state index in [1.165, 1.54) is 0 Å². The Morgan fingerprint density at radius 1 is 1.27 bits per heavy atom. The zero-order valence-corrected chi connectivity index (χ0v) is 14.6. The summed E-state index contributed by atoms with van der Waals surface area (Å²) in [4.78, 5) is 0. The van der Waals surface area contributed by atoms with Gasteiger partial charge in [0.15, 0.2) is 11.5 Å². The summed E-state index contributed by atoms with van der Waals surface area (Å²) in [6.45, 7) is 5.97. The van der Waals surface area contributed by atoms with Crippen LogP contribution in [-0.2, 0) is 13.1 Å². The van der Waals surface area contributed by atoms with Crippen LogP contribution in [-0.4, -0.2) is 33.9 Å². The van der Waals surface area contributed by atoms with Crippen molar-refractivity contribution in [1.29, 1.82) is 0 Å². The number of nitrogens with zero attached hydrogens (tertiary/aromatic N) is 4. The molecule has 2 aromatic rings. The Bertz CT molecular complexity index is 617. The fraction of sp³-hybridized carbons (Fsp3) is 0.500. The number of hydrogen-bond acceptors (Lipinski definition) is 6. The molecule has 0 aliphatic heterocycles. The Labute approximate surface area is 138 Å². The molecule has 0 saturated carbocycles. The second kappa shape index (κ2) is 7.98. The molecule has 8 heteroatoms. The second-order valence-electron chi connectivity index (χ2n) is 4.61. The quantitative estimate of drug-likeness (QED) is 0.770. The van der Waals surface area contributed by atoms with Crippen molar-refractivity contribution in [2.45, 2.75) is 33.4 Å². The van der Waals surface area contributed by atoms with E-state index < -0.39 is 0 Å². The van der Waals surface area contributed by atoms with E-state index >= 15 is 0 Å². The highest BCUT2D eigenvalue weighted by atomic mass is 79.9. The predicted molar refractivity (Wildman–Crippen MR) is 87.3 cm³/mol. The van der Waals surface area contributed by atoms with Crippen LogP contribution in [0.15, 0.2) is 16.6 Å². The lowest BCUT2D eigenvalue weighted by molar-refractivity contribution is 0.310. The van der Waals surface area contributed by atoms with Crippen LogP contribution in [0, 0.1) is 0 Å². The van der Waals surface area contributed by atoms with Gasteiger partial charge >= 0.3 is 0 Å². The number of rotatable bonds is 8. The number of benzene rings is 1. The summed E-state index contributed by atoms with van der Waals surface area (Å²) in [6, 6.07) is 3.85. The Morgan fingerprint density at radius 2 is 2.09 bits per heavy atom. The number of ether oxygens (including phenoxy) is 2. The number of halogens is 1. The fourth-order valence-electron chi connectivity index (χ4n) is 2.01. The van der Waals surface area contributed by atoms with Crippen LogP contribution in [0.1, 0.15) is 25.8 Å². The third kappa shape index (κ3) is 3.88. The summed E-state index contributed by atoms with van der Waals surface area (Å²) >= 11 is 3.56. The molecule has 0 aliphatic carbocycles. The van der Waals surface area contributed by atoms with Gasteiger partial charge in [-0.05, 0) is 41.5 Å². The molecule has 0 fully saturated rings. The molecule has 1 heterocycles. The summed E-state index contributed by atoms with van der Waals surface area (Å²) in [6.07, 6.45) is 0.973. The summed E-state index contributed by atoms with van der Waals surface area (Å²) in [5.41, 5.74) is 1.03. The Kier molecular flexibility index (Phi) is 6.00. The van der Waals surface area contributed by atoms with Crippen molar-refractivity contribution in [3.05, 3.63) is 22.2 Å². The van der Waals surface area contributed by atoms with Crippen LogP contribution in [0.4, 0.5) is 5.95 Å². The lowest BCUT2D eigenvalue weighted by Gasteiger charge is -2.13. The van der Waals surface area contributed by atoms with E-state index in [0.29, 0.717) is 24.8 Å². The monoisotopic (exact) mass is 369 g/mol. The molecule has 0 saturated heterocycles. The first kappa shape index (κ1) is 16.5. The van der Waals surface area contributed by atoms with Crippen molar-refractivity contribution in [2.24, 2.45) is 0 Å². The first-order chi connectivity index (χ1) is 10.7. The number of methoxy groups -OCH3 is 1. The minimum Gasteiger partial charge on any atom is -0.493 e. The van der Waals surface area contributed by atoms with Crippen molar-refractivity contribution < 1.29 is 9.47 Å². The molecule has 0 aliphatic rings. The largest absolute Gasteiger partial charge is 0.493 e. The van der Waals surface area contributed by atoms with E-state index in [2.05, 4.69) is 43.7 Å². The highest BCUT2D eigenvalue weighted by Gasteiger charge is 2.11. The topological polar surface area (TPSA) is 74.1 Å². The summed E-state index contributed by atoms with van der Waals surface area (Å²) in [5.74, 6) is 2.08. The molecule has 1 aromatic heterocycles. The highest BCUT2D eigenvalue weighted by Crippen LogP contribution is 2.33. The van der Waals surface area contributed by atoms with Gasteiger partial charge in [0.2, 0.25) is 5.95 Å². The number of anilines is 1. The number of nitrogens with one attached hydrogen (secondary N) is 1. The number of aryl methyl sites for hydroxylation is 1. The third-order valence-electron chi connectivity index (χ3n) is 3.04. The van der Waals surface area contributed by atoms with E-state index in [-0.39, 0.29) is 0 Å². The molecule has 0 unspecified atom stereocenters. The first-order valence-electron chi connectivity index (χ1n) is 7.18. The maximum Gasteiger partial charge on any atom is 0.243 e. The van der Waals surface area contributed by atoms with Crippen LogP contribution in [0.3, 0.4) is 0 Å². The molecule has 0 bridgehead atoms. The minimum atomic E-state index is 0.577. The molecule has 22 heavy (non-hydrogen) atoms. The van der Waals surface area contributed by atoms with Gasteiger partial charge in [-0.25, -0.2) is 4.68 Å². The molecule has 1 N–H and O–H groups in total.